The molecule has 3 rings (SSSR count). The average molecular weight is 410 g/mol. The summed E-state index contributed by atoms with van der Waals surface area (Å²) in [5, 5.41) is 17.6. The van der Waals surface area contributed by atoms with Crippen LogP contribution in [0.1, 0.15) is 27.7 Å². The number of nitrogen functional groups attached to an aromatic ring is 1. The Morgan fingerprint density at radius 2 is 1.83 bits per heavy atom. The third-order valence-corrected chi connectivity index (χ3v) is 4.96. The smallest absolute Gasteiger partial charge is 0.298 e. The van der Waals surface area contributed by atoms with E-state index < -0.39 is 17.8 Å². The molecule has 1 aromatic heterocycles. The first kappa shape index (κ1) is 20.7. The molecule has 0 saturated heterocycles. The molecule has 0 spiro atoms. The normalized spacial score (nSPS) is 11.8. The molecule has 0 aliphatic carbocycles. The SMILES string of the molecule is Nc1nc(C(=O)C(=O)Nc2ccc(CCNCC(O)c3ccccc3)cc2)cs1. The highest BCUT2D eigenvalue weighted by molar-refractivity contribution is 7.13. The summed E-state index contributed by atoms with van der Waals surface area (Å²) in [6.45, 7) is 1.18. The van der Waals surface area contributed by atoms with Gasteiger partial charge in [0.25, 0.3) is 11.7 Å². The Morgan fingerprint density at radius 1 is 1.10 bits per heavy atom. The van der Waals surface area contributed by atoms with Crippen LogP contribution in [0.15, 0.2) is 60.0 Å². The quantitative estimate of drug-likeness (QED) is 0.244. The van der Waals surface area contributed by atoms with Crippen molar-refractivity contribution in [3.8, 4) is 0 Å². The van der Waals surface area contributed by atoms with Crippen LogP contribution in [0.4, 0.5) is 10.8 Å². The van der Waals surface area contributed by atoms with Gasteiger partial charge in [-0.05, 0) is 36.2 Å². The maximum Gasteiger partial charge on any atom is 0.298 e. The van der Waals surface area contributed by atoms with Crippen LogP contribution in [-0.2, 0) is 11.2 Å². The van der Waals surface area contributed by atoms with Gasteiger partial charge in [0.2, 0.25) is 0 Å². The van der Waals surface area contributed by atoms with Crippen molar-refractivity contribution in [2.45, 2.75) is 12.5 Å². The number of Topliss-reactive ketones (excluding diaryl/α,β-unsaturated/α-hetero) is 1. The number of carbonyl (C=O) groups is 2. The number of aliphatic hydroxyl groups is 1. The van der Waals surface area contributed by atoms with E-state index in [-0.39, 0.29) is 10.8 Å². The summed E-state index contributed by atoms with van der Waals surface area (Å²) < 4.78 is 0. The van der Waals surface area contributed by atoms with Crippen molar-refractivity contribution in [3.05, 3.63) is 76.8 Å². The molecule has 0 radical (unpaired) electrons. The monoisotopic (exact) mass is 410 g/mol. The summed E-state index contributed by atoms with van der Waals surface area (Å²) in [6, 6.07) is 16.8. The summed E-state index contributed by atoms with van der Waals surface area (Å²) in [4.78, 5) is 27.9. The number of nitrogens with two attached hydrogens (primary N) is 1. The van der Waals surface area contributed by atoms with Crippen LogP contribution in [-0.4, -0.2) is 34.9 Å². The summed E-state index contributed by atoms with van der Waals surface area (Å²) in [6.07, 6.45) is 0.228. The molecule has 1 amide bonds. The highest BCUT2D eigenvalue weighted by Gasteiger charge is 2.19. The number of benzene rings is 2. The Balaban J connectivity index is 1.43. The molecule has 0 saturated carbocycles. The molecule has 1 atom stereocenters. The minimum absolute atomic E-state index is 0.0467. The van der Waals surface area contributed by atoms with Gasteiger partial charge in [0.05, 0.1) is 6.10 Å². The molecule has 1 unspecified atom stereocenters. The third kappa shape index (κ3) is 5.95. The van der Waals surface area contributed by atoms with Gasteiger partial charge in [0, 0.05) is 17.6 Å². The van der Waals surface area contributed by atoms with E-state index in [1.807, 2.05) is 42.5 Å². The predicted molar refractivity (Wildman–Crippen MR) is 114 cm³/mol. The van der Waals surface area contributed by atoms with Gasteiger partial charge in [0.15, 0.2) is 5.13 Å². The number of nitrogens with zero attached hydrogens (tertiary/aromatic N) is 1. The van der Waals surface area contributed by atoms with Crippen molar-refractivity contribution in [1.82, 2.24) is 10.3 Å². The third-order valence-electron chi connectivity index (χ3n) is 4.29. The van der Waals surface area contributed by atoms with Gasteiger partial charge in [-0.2, -0.15) is 0 Å². The summed E-state index contributed by atoms with van der Waals surface area (Å²) >= 11 is 1.11. The van der Waals surface area contributed by atoms with Crippen LogP contribution in [0, 0.1) is 0 Å². The Morgan fingerprint density at radius 3 is 2.48 bits per heavy atom. The number of anilines is 2. The van der Waals surface area contributed by atoms with Gasteiger partial charge in [-0.1, -0.05) is 42.5 Å². The Labute approximate surface area is 172 Å². The summed E-state index contributed by atoms with van der Waals surface area (Å²) in [5.41, 5.74) is 8.02. The molecule has 0 fully saturated rings. The molecular formula is C21H22N4O3S. The second kappa shape index (κ2) is 9.92. The van der Waals surface area contributed by atoms with E-state index >= 15 is 0 Å². The fourth-order valence-electron chi connectivity index (χ4n) is 2.72. The second-order valence-electron chi connectivity index (χ2n) is 6.43. The van der Waals surface area contributed by atoms with Crippen molar-refractivity contribution in [2.24, 2.45) is 0 Å². The van der Waals surface area contributed by atoms with Crippen LogP contribution >= 0.6 is 11.3 Å². The molecule has 0 bridgehead atoms. The number of hydrogen-bond acceptors (Lipinski definition) is 7. The van der Waals surface area contributed by atoms with Crippen molar-refractivity contribution < 1.29 is 14.7 Å². The molecule has 2 aromatic carbocycles. The molecular weight excluding hydrogens is 388 g/mol. The topological polar surface area (TPSA) is 117 Å². The fraction of sp³-hybridized carbons (Fsp3) is 0.190. The van der Waals surface area contributed by atoms with Gasteiger partial charge in [-0.3, -0.25) is 9.59 Å². The van der Waals surface area contributed by atoms with Gasteiger partial charge in [-0.25, -0.2) is 4.98 Å². The lowest BCUT2D eigenvalue weighted by Crippen LogP contribution is -2.24. The first-order valence-electron chi connectivity index (χ1n) is 9.12. The second-order valence-corrected chi connectivity index (χ2v) is 7.32. The van der Waals surface area contributed by atoms with Crippen LogP contribution in [0.5, 0.6) is 0 Å². The lowest BCUT2D eigenvalue weighted by molar-refractivity contribution is -0.112. The molecule has 0 aliphatic rings. The van der Waals surface area contributed by atoms with Crippen LogP contribution in [0.25, 0.3) is 0 Å². The number of aromatic nitrogens is 1. The van der Waals surface area contributed by atoms with E-state index in [4.69, 9.17) is 5.73 Å². The van der Waals surface area contributed by atoms with E-state index in [0.717, 1.165) is 28.9 Å². The van der Waals surface area contributed by atoms with E-state index in [1.165, 1.54) is 5.38 Å². The Kier molecular flexibility index (Phi) is 7.07. The van der Waals surface area contributed by atoms with E-state index in [1.54, 1.807) is 12.1 Å². The highest BCUT2D eigenvalue weighted by Crippen LogP contribution is 2.14. The number of ketones is 1. The number of hydrogen-bond donors (Lipinski definition) is 4. The molecule has 3 aromatic rings. The van der Waals surface area contributed by atoms with Crippen LogP contribution in [0.2, 0.25) is 0 Å². The van der Waals surface area contributed by atoms with Gasteiger partial charge in [-0.15, -0.1) is 11.3 Å². The first-order chi connectivity index (χ1) is 14.0. The summed E-state index contributed by atoms with van der Waals surface area (Å²) in [5.74, 6) is -1.47. The zero-order chi connectivity index (χ0) is 20.6. The number of carbonyl (C=O) groups excluding carboxylic acids is 2. The minimum Gasteiger partial charge on any atom is -0.387 e. The molecule has 5 N–H and O–H groups in total. The van der Waals surface area contributed by atoms with Gasteiger partial charge >= 0.3 is 0 Å². The minimum atomic E-state index is -0.750. The number of aliphatic hydroxyl groups excluding tert-OH is 1. The molecule has 8 heteroatoms. The lowest BCUT2D eigenvalue weighted by Gasteiger charge is -2.12. The van der Waals surface area contributed by atoms with Gasteiger partial charge in [0.1, 0.15) is 5.69 Å². The number of thiazole rings is 1. The van der Waals surface area contributed by atoms with Crippen molar-refractivity contribution in [3.63, 3.8) is 0 Å². The predicted octanol–water partition coefficient (Wildman–Crippen LogP) is 2.41. The summed E-state index contributed by atoms with van der Waals surface area (Å²) in [7, 11) is 0. The molecule has 0 aliphatic heterocycles. The maximum atomic E-state index is 12.0. The van der Waals surface area contributed by atoms with E-state index in [9.17, 15) is 14.7 Å². The Bertz CT molecular complexity index is 958. The zero-order valence-electron chi connectivity index (χ0n) is 15.7. The maximum absolute atomic E-state index is 12.0. The number of rotatable bonds is 9. The van der Waals surface area contributed by atoms with E-state index in [2.05, 4.69) is 15.6 Å². The molecule has 150 valence electrons. The van der Waals surface area contributed by atoms with Crippen molar-refractivity contribution in [2.75, 3.05) is 24.1 Å². The van der Waals surface area contributed by atoms with Crippen molar-refractivity contribution >= 4 is 33.8 Å². The standard InChI is InChI=1S/C21H22N4O3S/c22-21-25-17(13-29-21)19(27)20(28)24-16-8-6-14(7-9-16)10-11-23-12-18(26)15-4-2-1-3-5-15/h1-9,13,18,23,26H,10-12H2,(H2,22,25)(H,24,28). The molecule has 29 heavy (non-hydrogen) atoms. The average Bonchev–Trinajstić information content (AvgIpc) is 3.18. The van der Waals surface area contributed by atoms with Crippen molar-refractivity contribution in [1.29, 1.82) is 0 Å². The van der Waals surface area contributed by atoms with Gasteiger partial charge < -0.3 is 21.5 Å². The lowest BCUT2D eigenvalue weighted by atomic mass is 10.1. The fourth-order valence-corrected chi connectivity index (χ4v) is 3.26. The number of amides is 1. The number of nitrogens with one attached hydrogen (secondary N) is 2. The highest BCUT2D eigenvalue weighted by atomic mass is 32.1. The van der Waals surface area contributed by atoms with Crippen LogP contribution in [0.3, 0.4) is 0 Å². The molecule has 7 nitrogen and oxygen atoms in total. The first-order valence-corrected chi connectivity index (χ1v) is 10.0. The largest absolute Gasteiger partial charge is 0.387 e. The van der Waals surface area contributed by atoms with Crippen LogP contribution < -0.4 is 16.4 Å². The Hall–Kier alpha value is -3.07. The molecule has 1 heterocycles. The van der Waals surface area contributed by atoms with E-state index in [0.29, 0.717) is 18.8 Å². The zero-order valence-corrected chi connectivity index (χ0v) is 16.5.